The molecular weight excluding hydrogens is 318 g/mol. The lowest BCUT2D eigenvalue weighted by Crippen LogP contribution is -2.28. The van der Waals surface area contributed by atoms with Crippen LogP contribution < -0.4 is 16.2 Å². The number of ether oxygens (including phenoxy) is 1. The minimum absolute atomic E-state index is 0. The van der Waals surface area contributed by atoms with E-state index in [9.17, 15) is 13.2 Å². The first-order valence-electron chi connectivity index (χ1n) is 5.94. The molecule has 0 aromatic heterocycles. The van der Waals surface area contributed by atoms with E-state index in [0.29, 0.717) is 11.3 Å². The average Bonchev–Trinajstić information content (AvgIpc) is 2.37. The topological polar surface area (TPSA) is 125 Å². The molecule has 7 nitrogen and oxygen atoms in total. The lowest BCUT2D eigenvalue weighted by Gasteiger charge is -2.13. The van der Waals surface area contributed by atoms with Crippen molar-refractivity contribution < 1.29 is 17.9 Å². The van der Waals surface area contributed by atoms with E-state index in [1.807, 2.05) is 0 Å². The molecule has 1 aromatic rings. The molecule has 0 spiro atoms. The van der Waals surface area contributed by atoms with Crippen LogP contribution >= 0.6 is 12.4 Å². The van der Waals surface area contributed by atoms with Gasteiger partial charge in [-0.25, -0.2) is 13.6 Å². The number of benzene rings is 1. The van der Waals surface area contributed by atoms with Crippen molar-refractivity contribution in [3.8, 4) is 0 Å². The minimum atomic E-state index is -3.82. The fraction of sp³-hybridized carbons (Fsp3) is 0.417. The van der Waals surface area contributed by atoms with Gasteiger partial charge < -0.3 is 15.8 Å². The Morgan fingerprint density at radius 2 is 2.05 bits per heavy atom. The van der Waals surface area contributed by atoms with Gasteiger partial charge >= 0.3 is 0 Å². The molecule has 0 aliphatic rings. The number of aryl methyl sites for hydroxylation is 1. The molecule has 0 aliphatic carbocycles. The summed E-state index contributed by atoms with van der Waals surface area (Å²) in [6.07, 6.45) is -0.288. The quantitative estimate of drug-likeness (QED) is 0.691. The highest BCUT2D eigenvalue weighted by atomic mass is 35.5. The van der Waals surface area contributed by atoms with Crippen LogP contribution in [0.4, 0.5) is 5.69 Å². The molecule has 1 atom stereocenters. The Bertz CT molecular complexity index is 588. The van der Waals surface area contributed by atoms with Gasteiger partial charge in [0, 0.05) is 19.3 Å². The molecule has 120 valence electrons. The van der Waals surface area contributed by atoms with Crippen molar-refractivity contribution in [2.45, 2.75) is 24.3 Å². The molecule has 1 unspecified atom stereocenters. The Hall–Kier alpha value is -1.19. The lowest BCUT2D eigenvalue weighted by molar-refractivity contribution is -0.118. The van der Waals surface area contributed by atoms with Gasteiger partial charge in [0.1, 0.15) is 0 Å². The highest BCUT2D eigenvalue weighted by Gasteiger charge is 2.15. The van der Waals surface area contributed by atoms with Gasteiger partial charge in [0.15, 0.2) is 0 Å². The van der Waals surface area contributed by atoms with E-state index in [0.717, 1.165) is 0 Å². The van der Waals surface area contributed by atoms with Crippen molar-refractivity contribution in [3.63, 3.8) is 0 Å². The van der Waals surface area contributed by atoms with Gasteiger partial charge in [0.2, 0.25) is 15.9 Å². The van der Waals surface area contributed by atoms with Crippen LogP contribution in [-0.2, 0) is 19.6 Å². The van der Waals surface area contributed by atoms with Crippen LogP contribution in [0.15, 0.2) is 23.1 Å². The van der Waals surface area contributed by atoms with E-state index in [1.165, 1.54) is 13.2 Å². The number of methoxy groups -OCH3 is 1. The molecule has 0 heterocycles. The molecule has 1 aromatic carbocycles. The Morgan fingerprint density at radius 3 is 2.52 bits per heavy atom. The summed E-state index contributed by atoms with van der Waals surface area (Å²) in [5.74, 6) is -0.313. The molecule has 1 amide bonds. The lowest BCUT2D eigenvalue weighted by atomic mass is 10.2. The third kappa shape index (κ3) is 5.98. The normalized spacial score (nSPS) is 12.4. The summed E-state index contributed by atoms with van der Waals surface area (Å²) in [5, 5.41) is 7.69. The first-order valence-corrected chi connectivity index (χ1v) is 7.48. The summed E-state index contributed by atoms with van der Waals surface area (Å²) in [7, 11) is -2.35. The molecule has 5 N–H and O–H groups in total. The van der Waals surface area contributed by atoms with Crippen LogP contribution in [0.5, 0.6) is 0 Å². The number of amides is 1. The largest absolute Gasteiger partial charge is 0.380 e. The third-order valence-corrected chi connectivity index (χ3v) is 3.84. The fourth-order valence-corrected chi connectivity index (χ4v) is 2.47. The molecular formula is C12H20ClN3O4S. The molecule has 0 radical (unpaired) electrons. The number of hydrogen-bond acceptors (Lipinski definition) is 5. The summed E-state index contributed by atoms with van der Waals surface area (Å²) in [5.41, 5.74) is 6.30. The van der Waals surface area contributed by atoms with Crippen molar-refractivity contribution in [2.24, 2.45) is 10.9 Å². The number of rotatable bonds is 6. The first kappa shape index (κ1) is 19.8. The van der Waals surface area contributed by atoms with Gasteiger partial charge in [-0.3, -0.25) is 4.79 Å². The predicted molar refractivity (Wildman–Crippen MR) is 82.9 cm³/mol. The first-order chi connectivity index (χ1) is 9.27. The number of carbonyl (C=O) groups excluding carboxylic acids is 1. The smallest absolute Gasteiger partial charge is 0.238 e. The van der Waals surface area contributed by atoms with Gasteiger partial charge in [-0.2, -0.15) is 0 Å². The number of anilines is 1. The van der Waals surface area contributed by atoms with Crippen LogP contribution in [0.1, 0.15) is 12.0 Å². The molecule has 1 rings (SSSR count). The van der Waals surface area contributed by atoms with E-state index in [1.54, 1.807) is 19.1 Å². The number of sulfonamides is 1. The Labute approximate surface area is 130 Å². The zero-order valence-corrected chi connectivity index (χ0v) is 13.5. The third-order valence-electron chi connectivity index (χ3n) is 2.79. The zero-order valence-electron chi connectivity index (χ0n) is 11.8. The van der Waals surface area contributed by atoms with E-state index in [4.69, 9.17) is 15.6 Å². The molecule has 0 saturated carbocycles. The maximum Gasteiger partial charge on any atom is 0.238 e. The molecule has 9 heteroatoms. The second-order valence-corrected chi connectivity index (χ2v) is 5.90. The molecule has 0 saturated heterocycles. The van der Waals surface area contributed by atoms with Gasteiger partial charge in [-0.05, 0) is 24.6 Å². The number of nitrogens with one attached hydrogen (secondary N) is 1. The predicted octanol–water partition coefficient (Wildman–Crippen LogP) is 0.367. The Morgan fingerprint density at radius 1 is 1.43 bits per heavy atom. The summed E-state index contributed by atoms with van der Waals surface area (Å²) >= 11 is 0. The van der Waals surface area contributed by atoms with Crippen LogP contribution in [0.25, 0.3) is 0 Å². The molecule has 0 fully saturated rings. The number of primary sulfonamides is 1. The van der Waals surface area contributed by atoms with Gasteiger partial charge in [0.25, 0.3) is 0 Å². The zero-order chi connectivity index (χ0) is 15.3. The van der Waals surface area contributed by atoms with Crippen LogP contribution in [0.3, 0.4) is 0 Å². The molecule has 0 bridgehead atoms. The number of carbonyl (C=O) groups is 1. The summed E-state index contributed by atoms with van der Waals surface area (Å²) < 4.78 is 27.8. The fourth-order valence-electron chi connectivity index (χ4n) is 1.67. The summed E-state index contributed by atoms with van der Waals surface area (Å²) in [6.45, 7) is 1.85. The van der Waals surface area contributed by atoms with Crippen molar-refractivity contribution >= 4 is 34.0 Å². The highest BCUT2D eigenvalue weighted by Crippen LogP contribution is 2.19. The van der Waals surface area contributed by atoms with Crippen molar-refractivity contribution in [2.75, 3.05) is 19.0 Å². The van der Waals surface area contributed by atoms with Crippen molar-refractivity contribution in [1.82, 2.24) is 0 Å². The average molecular weight is 338 g/mol. The van der Waals surface area contributed by atoms with Gasteiger partial charge in [0.05, 0.1) is 17.4 Å². The Kier molecular flexibility index (Phi) is 7.83. The Balaban J connectivity index is 0.00000400. The molecule has 21 heavy (non-hydrogen) atoms. The van der Waals surface area contributed by atoms with Gasteiger partial charge in [-0.15, -0.1) is 12.4 Å². The van der Waals surface area contributed by atoms with E-state index < -0.39 is 10.0 Å². The molecule has 0 aliphatic heterocycles. The summed E-state index contributed by atoms with van der Waals surface area (Å²) in [4.78, 5) is 11.7. The number of hydrogen-bond donors (Lipinski definition) is 3. The number of nitrogens with two attached hydrogens (primary N) is 2. The van der Waals surface area contributed by atoms with Crippen LogP contribution in [0.2, 0.25) is 0 Å². The summed E-state index contributed by atoms with van der Waals surface area (Å²) in [6, 6.07) is 4.51. The number of halogens is 1. The standard InChI is InChI=1S/C12H19N3O4S.ClH/c1-8-3-4-9(5-11(8)20(14,17)18)15-12(16)6-10(7-13)19-2;/h3-5,10H,6-7,13H2,1-2H3,(H,15,16)(H2,14,17,18);1H. The monoisotopic (exact) mass is 337 g/mol. The second kappa shape index (κ2) is 8.30. The van der Waals surface area contributed by atoms with Gasteiger partial charge in [-0.1, -0.05) is 6.07 Å². The van der Waals surface area contributed by atoms with Crippen molar-refractivity contribution in [1.29, 1.82) is 0 Å². The van der Waals surface area contributed by atoms with Crippen molar-refractivity contribution in [3.05, 3.63) is 23.8 Å². The maximum absolute atomic E-state index is 11.8. The van der Waals surface area contributed by atoms with E-state index in [2.05, 4.69) is 5.32 Å². The van der Waals surface area contributed by atoms with E-state index >= 15 is 0 Å². The SMILES string of the molecule is COC(CN)CC(=O)Nc1ccc(C)c(S(N)(=O)=O)c1.Cl. The van der Waals surface area contributed by atoms with Crippen LogP contribution in [0, 0.1) is 6.92 Å². The minimum Gasteiger partial charge on any atom is -0.380 e. The highest BCUT2D eigenvalue weighted by molar-refractivity contribution is 7.89. The second-order valence-electron chi connectivity index (χ2n) is 4.37. The van der Waals surface area contributed by atoms with Crippen LogP contribution in [-0.4, -0.2) is 34.1 Å². The maximum atomic E-state index is 11.8. The van der Waals surface area contributed by atoms with E-state index in [-0.39, 0.29) is 42.3 Å².